The lowest BCUT2D eigenvalue weighted by molar-refractivity contribution is 0.627. The van der Waals surface area contributed by atoms with Crippen LogP contribution in [-0.2, 0) is 0 Å². The van der Waals surface area contributed by atoms with Crippen LogP contribution in [0.1, 0.15) is 0 Å². The molecule has 0 spiro atoms. The van der Waals surface area contributed by atoms with Gasteiger partial charge in [-0.15, -0.1) is 0 Å². The van der Waals surface area contributed by atoms with E-state index in [-0.39, 0.29) is 16.5 Å². The lowest BCUT2D eigenvalue weighted by Gasteiger charge is -2.11. The molecule has 0 aliphatic rings. The molecule has 3 N–H and O–H groups in total. The van der Waals surface area contributed by atoms with Gasteiger partial charge in [-0.25, -0.2) is 8.78 Å². The van der Waals surface area contributed by atoms with Gasteiger partial charge in [-0.3, -0.25) is 0 Å². The first-order valence-corrected chi connectivity index (χ1v) is 6.39. The Labute approximate surface area is 121 Å². The Morgan fingerprint density at radius 2 is 1.83 bits per heavy atom. The van der Waals surface area contributed by atoms with Crippen molar-refractivity contribution in [3.8, 4) is 0 Å². The number of hydrogen-bond donors (Lipinski definition) is 2. The molecule has 0 saturated carbocycles. The number of nitrogen functional groups attached to an aromatic ring is 1. The molecule has 0 aliphatic heterocycles. The van der Waals surface area contributed by atoms with E-state index in [0.717, 1.165) is 6.07 Å². The number of anilines is 3. The molecule has 0 unspecified atom stereocenters. The van der Waals surface area contributed by atoms with Crippen molar-refractivity contribution < 1.29 is 8.78 Å². The Bertz CT molecular complexity index is 605. The molecule has 18 heavy (non-hydrogen) atoms. The molecule has 2 nitrogen and oxygen atoms in total. The number of halogens is 4. The average Bonchev–Trinajstić information content (AvgIpc) is 2.29. The lowest BCUT2D eigenvalue weighted by atomic mass is 10.2. The fraction of sp³-hybridized carbons (Fsp3) is 0. The normalized spacial score (nSPS) is 10.4. The van der Waals surface area contributed by atoms with Gasteiger partial charge < -0.3 is 11.1 Å². The van der Waals surface area contributed by atoms with Gasteiger partial charge in [-0.2, -0.15) is 0 Å². The Morgan fingerprint density at radius 1 is 1.11 bits per heavy atom. The molecule has 0 radical (unpaired) electrons. The molecule has 0 heterocycles. The summed E-state index contributed by atoms with van der Waals surface area (Å²) in [4.78, 5) is 0. The SMILES string of the molecule is Nc1cc(F)c(Cl)cc1Nc1ccc(F)cc1I. The van der Waals surface area contributed by atoms with Crippen molar-refractivity contribution in [3.05, 3.63) is 50.6 Å². The number of nitrogens with one attached hydrogen (secondary N) is 1. The number of rotatable bonds is 2. The Balaban J connectivity index is 2.37. The van der Waals surface area contributed by atoms with E-state index in [2.05, 4.69) is 5.32 Å². The van der Waals surface area contributed by atoms with Crippen LogP contribution in [0.4, 0.5) is 25.8 Å². The summed E-state index contributed by atoms with van der Waals surface area (Å²) >= 11 is 7.67. The maximum absolute atomic E-state index is 13.1. The number of hydrogen-bond acceptors (Lipinski definition) is 2. The van der Waals surface area contributed by atoms with Gasteiger partial charge in [0.05, 0.1) is 22.1 Å². The summed E-state index contributed by atoms with van der Waals surface area (Å²) in [5.74, 6) is -0.899. The highest BCUT2D eigenvalue weighted by molar-refractivity contribution is 14.1. The zero-order chi connectivity index (χ0) is 13.3. The molecule has 0 aromatic heterocycles. The van der Waals surface area contributed by atoms with Crippen molar-refractivity contribution in [3.63, 3.8) is 0 Å². The second-order valence-corrected chi connectivity index (χ2v) is 5.17. The number of benzene rings is 2. The largest absolute Gasteiger partial charge is 0.397 e. The van der Waals surface area contributed by atoms with Gasteiger partial charge in [-0.05, 0) is 46.9 Å². The maximum Gasteiger partial charge on any atom is 0.143 e. The van der Waals surface area contributed by atoms with E-state index in [4.69, 9.17) is 17.3 Å². The van der Waals surface area contributed by atoms with Crippen molar-refractivity contribution in [2.75, 3.05) is 11.1 Å². The van der Waals surface area contributed by atoms with Gasteiger partial charge in [-0.1, -0.05) is 11.6 Å². The van der Waals surface area contributed by atoms with Crippen LogP contribution in [0, 0.1) is 15.2 Å². The van der Waals surface area contributed by atoms with Gasteiger partial charge >= 0.3 is 0 Å². The third kappa shape index (κ3) is 2.84. The van der Waals surface area contributed by atoms with E-state index in [9.17, 15) is 8.78 Å². The molecule has 2 aromatic carbocycles. The molecule has 6 heteroatoms. The molecule has 0 fully saturated rings. The van der Waals surface area contributed by atoms with Crippen LogP contribution in [0.25, 0.3) is 0 Å². The van der Waals surface area contributed by atoms with Crippen molar-refractivity contribution >= 4 is 51.3 Å². The summed E-state index contributed by atoms with van der Waals surface area (Å²) in [5.41, 5.74) is 7.06. The monoisotopic (exact) mass is 380 g/mol. The van der Waals surface area contributed by atoms with Gasteiger partial charge in [0.15, 0.2) is 0 Å². The third-order valence-corrected chi connectivity index (χ3v) is 3.48. The smallest absolute Gasteiger partial charge is 0.143 e. The highest BCUT2D eigenvalue weighted by Crippen LogP contribution is 2.30. The first-order chi connectivity index (χ1) is 8.47. The molecule has 2 aromatic rings. The van der Waals surface area contributed by atoms with E-state index < -0.39 is 5.82 Å². The molecule has 0 amide bonds. The second-order valence-electron chi connectivity index (χ2n) is 3.60. The molecular formula is C12H8ClF2IN2. The molecule has 0 aliphatic carbocycles. The van der Waals surface area contributed by atoms with E-state index in [0.29, 0.717) is 14.9 Å². The zero-order valence-electron chi connectivity index (χ0n) is 8.98. The predicted molar refractivity (Wildman–Crippen MR) is 78.2 cm³/mol. The molecule has 2 rings (SSSR count). The average molecular weight is 381 g/mol. The van der Waals surface area contributed by atoms with Gasteiger partial charge in [0.1, 0.15) is 11.6 Å². The fourth-order valence-corrected chi connectivity index (χ4v) is 2.18. The topological polar surface area (TPSA) is 38.0 Å². The van der Waals surface area contributed by atoms with E-state index >= 15 is 0 Å². The first-order valence-electron chi connectivity index (χ1n) is 4.94. The van der Waals surface area contributed by atoms with Gasteiger partial charge in [0.2, 0.25) is 0 Å². The summed E-state index contributed by atoms with van der Waals surface area (Å²) in [7, 11) is 0. The van der Waals surface area contributed by atoms with E-state index in [1.165, 1.54) is 18.2 Å². The molecule has 0 saturated heterocycles. The van der Waals surface area contributed by atoms with Gasteiger partial charge in [0.25, 0.3) is 0 Å². The summed E-state index contributed by atoms with van der Waals surface area (Å²) in [6.07, 6.45) is 0. The highest BCUT2D eigenvalue weighted by atomic mass is 127. The summed E-state index contributed by atoms with van der Waals surface area (Å²) in [6, 6.07) is 6.82. The van der Waals surface area contributed by atoms with E-state index in [1.807, 2.05) is 22.6 Å². The molecular weight excluding hydrogens is 372 g/mol. The van der Waals surface area contributed by atoms with Crippen molar-refractivity contribution in [1.82, 2.24) is 0 Å². The van der Waals surface area contributed by atoms with Crippen LogP contribution < -0.4 is 11.1 Å². The Kier molecular flexibility index (Phi) is 3.91. The minimum atomic E-state index is -0.575. The van der Waals surface area contributed by atoms with Crippen molar-refractivity contribution in [2.24, 2.45) is 0 Å². The van der Waals surface area contributed by atoms with Gasteiger partial charge in [0, 0.05) is 9.64 Å². The zero-order valence-corrected chi connectivity index (χ0v) is 11.9. The van der Waals surface area contributed by atoms with Crippen molar-refractivity contribution in [1.29, 1.82) is 0 Å². The first kappa shape index (κ1) is 13.4. The Morgan fingerprint density at radius 3 is 2.50 bits per heavy atom. The van der Waals surface area contributed by atoms with Crippen LogP contribution >= 0.6 is 34.2 Å². The molecule has 0 bridgehead atoms. The highest BCUT2D eigenvalue weighted by Gasteiger charge is 2.08. The Hall–Kier alpha value is -1.08. The summed E-state index contributed by atoms with van der Waals surface area (Å²) in [5, 5.41) is 2.96. The van der Waals surface area contributed by atoms with E-state index in [1.54, 1.807) is 6.07 Å². The third-order valence-electron chi connectivity index (χ3n) is 2.29. The number of nitrogens with two attached hydrogens (primary N) is 1. The minimum Gasteiger partial charge on any atom is -0.397 e. The van der Waals surface area contributed by atoms with Crippen LogP contribution in [-0.4, -0.2) is 0 Å². The summed E-state index contributed by atoms with van der Waals surface area (Å²) in [6.45, 7) is 0. The van der Waals surface area contributed by atoms with Crippen molar-refractivity contribution in [2.45, 2.75) is 0 Å². The predicted octanol–water partition coefficient (Wildman–Crippen LogP) is 4.55. The molecule has 0 atom stereocenters. The molecule has 94 valence electrons. The van der Waals surface area contributed by atoms with Crippen LogP contribution in [0.15, 0.2) is 30.3 Å². The standard InChI is InChI=1S/C12H8ClF2IN2/c13-7-4-12(10(17)5-8(7)15)18-11-2-1-6(14)3-9(11)16/h1-5,18H,17H2. The fourth-order valence-electron chi connectivity index (χ4n) is 1.41. The second kappa shape index (κ2) is 5.27. The van der Waals surface area contributed by atoms with Crippen LogP contribution in [0.3, 0.4) is 0 Å². The van der Waals surface area contributed by atoms with Crippen LogP contribution in [0.5, 0.6) is 0 Å². The summed E-state index contributed by atoms with van der Waals surface area (Å²) < 4.78 is 26.8. The van der Waals surface area contributed by atoms with Crippen LogP contribution in [0.2, 0.25) is 5.02 Å². The minimum absolute atomic E-state index is 0.0242. The lowest BCUT2D eigenvalue weighted by Crippen LogP contribution is -1.99. The quantitative estimate of drug-likeness (QED) is 0.593. The maximum atomic E-state index is 13.1.